The van der Waals surface area contributed by atoms with Gasteiger partial charge in [0.2, 0.25) is 11.8 Å². The number of nitrogens with one attached hydrogen (secondary N) is 2. The van der Waals surface area contributed by atoms with E-state index < -0.39 is 5.97 Å². The van der Waals surface area contributed by atoms with Crippen molar-refractivity contribution < 1.29 is 24.3 Å². The molecular weight excluding hydrogens is 496 g/mol. The van der Waals surface area contributed by atoms with Gasteiger partial charge in [0.1, 0.15) is 0 Å². The molecule has 0 spiro atoms. The second-order valence-electron chi connectivity index (χ2n) is 9.69. The standard InChI is InChI=1S/C30H28N4O5/c1-33(2)25(35)12-13-26(36)34-15-14-19-16-21(9-11-24(19)34)31-28(18-6-4-3-5-7-18)27-22-10-8-20(30(38)39)17-23(22)32-29(27)37/h3-11,16-17,31H,12-15H2,1-2H3,(H,32,37)(H,38,39)/b28-27-. The van der Waals surface area contributed by atoms with Crippen molar-refractivity contribution in [2.45, 2.75) is 19.3 Å². The molecule has 2 heterocycles. The maximum atomic E-state index is 13.1. The molecule has 3 N–H and O–H groups in total. The van der Waals surface area contributed by atoms with Gasteiger partial charge in [-0.15, -0.1) is 0 Å². The van der Waals surface area contributed by atoms with Gasteiger partial charge in [-0.1, -0.05) is 36.4 Å². The highest BCUT2D eigenvalue weighted by atomic mass is 16.4. The Labute approximate surface area is 225 Å². The minimum Gasteiger partial charge on any atom is -0.478 e. The number of rotatable bonds is 7. The van der Waals surface area contributed by atoms with Crippen molar-refractivity contribution in [2.75, 3.05) is 36.2 Å². The number of carbonyl (C=O) groups excluding carboxylic acids is 3. The van der Waals surface area contributed by atoms with E-state index in [0.29, 0.717) is 35.5 Å². The molecule has 0 saturated heterocycles. The second kappa shape index (κ2) is 10.4. The molecule has 3 aromatic carbocycles. The summed E-state index contributed by atoms with van der Waals surface area (Å²) in [6.45, 7) is 0.544. The topological polar surface area (TPSA) is 119 Å². The molecule has 0 bridgehead atoms. The first-order chi connectivity index (χ1) is 18.7. The van der Waals surface area contributed by atoms with Crippen LogP contribution in [0.4, 0.5) is 17.1 Å². The molecule has 3 amide bonds. The highest BCUT2D eigenvalue weighted by molar-refractivity contribution is 6.37. The van der Waals surface area contributed by atoms with Crippen molar-refractivity contribution in [2.24, 2.45) is 0 Å². The summed E-state index contributed by atoms with van der Waals surface area (Å²) in [4.78, 5) is 52.5. The van der Waals surface area contributed by atoms with E-state index >= 15 is 0 Å². The first-order valence-electron chi connectivity index (χ1n) is 12.6. The number of aromatic carboxylic acids is 1. The summed E-state index contributed by atoms with van der Waals surface area (Å²) in [5.41, 5.74) is 5.50. The van der Waals surface area contributed by atoms with Crippen LogP contribution in [-0.2, 0) is 20.8 Å². The lowest BCUT2D eigenvalue weighted by Gasteiger charge is -2.19. The number of carboxylic acids is 1. The molecule has 39 heavy (non-hydrogen) atoms. The van der Waals surface area contributed by atoms with Gasteiger partial charge in [-0.05, 0) is 47.9 Å². The van der Waals surface area contributed by atoms with E-state index in [1.54, 1.807) is 25.1 Å². The molecule has 5 rings (SSSR count). The number of benzene rings is 3. The largest absolute Gasteiger partial charge is 0.478 e. The third kappa shape index (κ3) is 5.11. The predicted octanol–water partition coefficient (Wildman–Crippen LogP) is 4.07. The van der Waals surface area contributed by atoms with E-state index in [-0.39, 0.29) is 36.1 Å². The number of carbonyl (C=O) groups is 4. The molecule has 0 aromatic heterocycles. The van der Waals surface area contributed by atoms with E-state index in [0.717, 1.165) is 22.5 Å². The lowest BCUT2D eigenvalue weighted by Crippen LogP contribution is -2.30. The van der Waals surface area contributed by atoms with Crippen LogP contribution in [-0.4, -0.2) is 54.3 Å². The molecule has 9 nitrogen and oxygen atoms in total. The molecule has 0 fully saturated rings. The predicted molar refractivity (Wildman–Crippen MR) is 149 cm³/mol. The average molecular weight is 525 g/mol. The number of hydrogen-bond acceptors (Lipinski definition) is 5. The maximum Gasteiger partial charge on any atom is 0.335 e. The van der Waals surface area contributed by atoms with E-state index in [1.165, 1.54) is 17.0 Å². The van der Waals surface area contributed by atoms with Crippen molar-refractivity contribution >= 4 is 52.0 Å². The Balaban J connectivity index is 1.46. The number of amides is 3. The maximum absolute atomic E-state index is 13.1. The Hall–Kier alpha value is -4.92. The smallest absolute Gasteiger partial charge is 0.335 e. The summed E-state index contributed by atoms with van der Waals surface area (Å²) < 4.78 is 0. The van der Waals surface area contributed by atoms with Crippen LogP contribution in [0.2, 0.25) is 0 Å². The molecule has 198 valence electrons. The van der Waals surface area contributed by atoms with Gasteiger partial charge in [-0.2, -0.15) is 0 Å². The van der Waals surface area contributed by atoms with Crippen LogP contribution in [0.5, 0.6) is 0 Å². The zero-order chi connectivity index (χ0) is 27.7. The zero-order valence-electron chi connectivity index (χ0n) is 21.7. The van der Waals surface area contributed by atoms with Crippen molar-refractivity contribution in [3.63, 3.8) is 0 Å². The minimum atomic E-state index is -1.07. The monoisotopic (exact) mass is 524 g/mol. The van der Waals surface area contributed by atoms with Crippen molar-refractivity contribution in [1.29, 1.82) is 0 Å². The van der Waals surface area contributed by atoms with Crippen LogP contribution in [0, 0.1) is 0 Å². The summed E-state index contributed by atoms with van der Waals surface area (Å²) in [5, 5.41) is 15.6. The summed E-state index contributed by atoms with van der Waals surface area (Å²) in [6.07, 6.45) is 0.998. The Morgan fingerprint density at radius 2 is 1.74 bits per heavy atom. The second-order valence-corrected chi connectivity index (χ2v) is 9.69. The Kier molecular flexibility index (Phi) is 6.89. The lowest BCUT2D eigenvalue weighted by molar-refractivity contribution is -0.131. The summed E-state index contributed by atoms with van der Waals surface area (Å²) in [5.74, 6) is -1.57. The van der Waals surface area contributed by atoms with Crippen LogP contribution in [0.3, 0.4) is 0 Å². The Bertz CT molecular complexity index is 1530. The molecular formula is C30H28N4O5. The SMILES string of the molecule is CN(C)C(=O)CCC(=O)N1CCc2cc(N/C(=C3\C(=O)Nc4cc(C(=O)O)ccc43)c3ccccc3)ccc21. The number of fused-ring (bicyclic) bond motifs is 2. The van der Waals surface area contributed by atoms with Gasteiger partial charge in [0.25, 0.3) is 5.91 Å². The molecule has 9 heteroatoms. The van der Waals surface area contributed by atoms with E-state index in [1.807, 2.05) is 48.5 Å². The normalized spacial score (nSPS) is 14.8. The van der Waals surface area contributed by atoms with Crippen molar-refractivity contribution in [3.8, 4) is 0 Å². The van der Waals surface area contributed by atoms with E-state index in [4.69, 9.17) is 0 Å². The molecule has 2 aliphatic heterocycles. The number of hydrogen-bond donors (Lipinski definition) is 3. The molecule has 3 aromatic rings. The van der Waals surface area contributed by atoms with Crippen LogP contribution in [0.1, 0.15) is 39.9 Å². The highest BCUT2D eigenvalue weighted by Gasteiger charge is 2.30. The number of carboxylic acid groups (broad SMARTS) is 1. The van der Waals surface area contributed by atoms with Gasteiger partial charge in [0.15, 0.2) is 0 Å². The Morgan fingerprint density at radius 3 is 2.46 bits per heavy atom. The van der Waals surface area contributed by atoms with Gasteiger partial charge in [-0.3, -0.25) is 14.4 Å². The van der Waals surface area contributed by atoms with Crippen LogP contribution in [0.25, 0.3) is 11.3 Å². The fourth-order valence-corrected chi connectivity index (χ4v) is 4.89. The molecule has 2 aliphatic rings. The fraction of sp³-hybridized carbons (Fsp3) is 0.200. The minimum absolute atomic E-state index is 0.0829. The highest BCUT2D eigenvalue weighted by Crippen LogP contribution is 2.39. The first kappa shape index (κ1) is 25.7. The van der Waals surface area contributed by atoms with E-state index in [2.05, 4.69) is 10.6 Å². The van der Waals surface area contributed by atoms with Crippen molar-refractivity contribution in [3.05, 3.63) is 89.0 Å². The molecule has 0 atom stereocenters. The summed E-state index contributed by atoms with van der Waals surface area (Å²) >= 11 is 0. The van der Waals surface area contributed by atoms with Gasteiger partial charge in [-0.25, -0.2) is 4.79 Å². The van der Waals surface area contributed by atoms with Crippen LogP contribution >= 0.6 is 0 Å². The first-order valence-corrected chi connectivity index (χ1v) is 12.6. The van der Waals surface area contributed by atoms with Gasteiger partial charge < -0.3 is 25.5 Å². The van der Waals surface area contributed by atoms with Crippen molar-refractivity contribution in [1.82, 2.24) is 4.90 Å². The molecule has 0 aliphatic carbocycles. The number of anilines is 3. The number of nitrogens with zero attached hydrogens (tertiary/aromatic N) is 2. The summed E-state index contributed by atoms with van der Waals surface area (Å²) in [6, 6.07) is 19.7. The fourth-order valence-electron chi connectivity index (χ4n) is 4.89. The average Bonchev–Trinajstić information content (AvgIpc) is 3.50. The third-order valence-corrected chi connectivity index (χ3v) is 6.92. The molecule has 0 radical (unpaired) electrons. The van der Waals surface area contributed by atoms with Gasteiger partial charge in [0, 0.05) is 50.4 Å². The van der Waals surface area contributed by atoms with E-state index in [9.17, 15) is 24.3 Å². The molecule has 0 unspecified atom stereocenters. The van der Waals surface area contributed by atoms with Gasteiger partial charge in [0.05, 0.1) is 22.5 Å². The quantitative estimate of drug-likeness (QED) is 0.401. The summed E-state index contributed by atoms with van der Waals surface area (Å²) in [7, 11) is 3.35. The Morgan fingerprint density at radius 1 is 0.974 bits per heavy atom. The van der Waals surface area contributed by atoms with Crippen LogP contribution in [0.15, 0.2) is 66.7 Å². The zero-order valence-corrected chi connectivity index (χ0v) is 21.7. The van der Waals surface area contributed by atoms with Gasteiger partial charge >= 0.3 is 5.97 Å². The third-order valence-electron chi connectivity index (χ3n) is 6.92. The molecule has 0 saturated carbocycles. The lowest BCUT2D eigenvalue weighted by atomic mass is 9.99. The van der Waals surface area contributed by atoms with Crippen LogP contribution < -0.4 is 15.5 Å².